The van der Waals surface area contributed by atoms with E-state index in [1.807, 2.05) is 30.3 Å². The van der Waals surface area contributed by atoms with E-state index in [2.05, 4.69) is 20.6 Å². The molecule has 0 saturated heterocycles. The first-order valence-electron chi connectivity index (χ1n) is 9.54. The lowest BCUT2D eigenvalue weighted by Crippen LogP contribution is -2.41. The van der Waals surface area contributed by atoms with Crippen molar-refractivity contribution in [3.8, 4) is 17.2 Å². The van der Waals surface area contributed by atoms with Crippen molar-refractivity contribution in [2.45, 2.75) is 20.0 Å². The Balaban J connectivity index is 1.67. The Morgan fingerprint density at radius 3 is 2.39 bits per heavy atom. The lowest BCUT2D eigenvalue weighted by Gasteiger charge is -2.09. The van der Waals surface area contributed by atoms with Crippen LogP contribution in [-0.4, -0.2) is 30.4 Å². The van der Waals surface area contributed by atoms with Crippen molar-refractivity contribution < 1.29 is 9.32 Å². The zero-order valence-corrected chi connectivity index (χ0v) is 16.6. The fourth-order valence-corrected chi connectivity index (χ4v) is 2.94. The molecule has 0 bridgehead atoms. The summed E-state index contributed by atoms with van der Waals surface area (Å²) < 4.78 is 7.13. The van der Waals surface area contributed by atoms with Gasteiger partial charge in [0.1, 0.15) is 0 Å². The molecule has 10 heteroatoms. The molecule has 0 radical (unpaired) electrons. The van der Waals surface area contributed by atoms with Gasteiger partial charge in [-0.05, 0) is 24.6 Å². The summed E-state index contributed by atoms with van der Waals surface area (Å²) in [6.45, 7) is 2.07. The van der Waals surface area contributed by atoms with Crippen LogP contribution < -0.4 is 16.6 Å². The predicted octanol–water partition coefficient (Wildman–Crippen LogP) is 1.39. The van der Waals surface area contributed by atoms with E-state index in [9.17, 15) is 14.4 Å². The Kier molecular flexibility index (Phi) is 5.52. The third-order valence-corrected chi connectivity index (χ3v) is 4.50. The fourth-order valence-electron chi connectivity index (χ4n) is 2.94. The number of rotatable bonds is 6. The van der Waals surface area contributed by atoms with Crippen LogP contribution in [0.4, 0.5) is 0 Å². The van der Waals surface area contributed by atoms with Crippen molar-refractivity contribution in [2.75, 3.05) is 0 Å². The Hall–Kier alpha value is -4.34. The van der Waals surface area contributed by atoms with Gasteiger partial charge in [-0.1, -0.05) is 53.7 Å². The maximum Gasteiger partial charge on any atom is 0.352 e. The number of hydrogen-bond acceptors (Lipinski definition) is 7. The van der Waals surface area contributed by atoms with Crippen molar-refractivity contribution in [2.24, 2.45) is 0 Å². The van der Waals surface area contributed by atoms with E-state index in [-0.39, 0.29) is 30.5 Å². The zero-order valence-electron chi connectivity index (χ0n) is 16.6. The average molecular weight is 418 g/mol. The van der Waals surface area contributed by atoms with Crippen LogP contribution in [0.1, 0.15) is 23.2 Å². The monoisotopic (exact) mass is 418 g/mol. The number of aromatic nitrogens is 5. The van der Waals surface area contributed by atoms with E-state index in [4.69, 9.17) is 4.52 Å². The Labute approximate surface area is 175 Å². The lowest BCUT2D eigenvalue weighted by atomic mass is 10.2. The molecule has 31 heavy (non-hydrogen) atoms. The third kappa shape index (κ3) is 4.04. The number of nitrogens with one attached hydrogen (secondary N) is 1. The van der Waals surface area contributed by atoms with Gasteiger partial charge in [0.15, 0.2) is 5.69 Å². The summed E-state index contributed by atoms with van der Waals surface area (Å²) in [4.78, 5) is 41.8. The van der Waals surface area contributed by atoms with Gasteiger partial charge in [-0.25, -0.2) is 4.79 Å². The van der Waals surface area contributed by atoms with Gasteiger partial charge in [-0.2, -0.15) is 14.8 Å². The molecule has 0 aliphatic heterocycles. The number of nitrogens with zero attached hydrogens (tertiary/aromatic N) is 5. The maximum atomic E-state index is 12.8. The van der Waals surface area contributed by atoms with E-state index < -0.39 is 17.2 Å². The van der Waals surface area contributed by atoms with Gasteiger partial charge in [0, 0.05) is 13.1 Å². The van der Waals surface area contributed by atoms with E-state index in [1.54, 1.807) is 37.3 Å². The number of carbonyl (C=O) groups excluding carboxylic acids is 1. The van der Waals surface area contributed by atoms with Crippen LogP contribution in [0.5, 0.6) is 0 Å². The van der Waals surface area contributed by atoms with Crippen LogP contribution in [0.2, 0.25) is 0 Å². The predicted molar refractivity (Wildman–Crippen MR) is 111 cm³/mol. The first-order valence-corrected chi connectivity index (χ1v) is 9.54. The molecule has 2 aromatic heterocycles. The van der Waals surface area contributed by atoms with Crippen LogP contribution >= 0.6 is 0 Å². The summed E-state index contributed by atoms with van der Waals surface area (Å²) in [7, 11) is 0. The van der Waals surface area contributed by atoms with E-state index in [0.717, 1.165) is 14.8 Å². The molecule has 0 spiro atoms. The van der Waals surface area contributed by atoms with Crippen LogP contribution in [0, 0.1) is 0 Å². The molecule has 1 N–H and O–H groups in total. The molecule has 0 atom stereocenters. The maximum absolute atomic E-state index is 12.8. The molecule has 2 heterocycles. The molecular formula is C21H18N6O4. The molecule has 0 unspecified atom stereocenters. The number of hydrogen-bond donors (Lipinski definition) is 1. The summed E-state index contributed by atoms with van der Waals surface area (Å²) in [6.07, 6.45) is 0. The second-order valence-corrected chi connectivity index (χ2v) is 6.52. The number of benzene rings is 2. The molecule has 4 rings (SSSR count). The molecule has 0 aliphatic carbocycles. The normalized spacial score (nSPS) is 10.7. The quantitative estimate of drug-likeness (QED) is 0.502. The SMILES string of the molecule is CCn1c(=O)c(-c2noc(C(=O)NCc3ccccc3)n2)nn(-c2ccccc2)c1=O. The van der Waals surface area contributed by atoms with Gasteiger partial charge in [0.2, 0.25) is 5.82 Å². The van der Waals surface area contributed by atoms with Gasteiger partial charge in [-0.15, -0.1) is 0 Å². The average Bonchev–Trinajstić information content (AvgIpc) is 3.29. The van der Waals surface area contributed by atoms with Gasteiger partial charge in [0.25, 0.3) is 5.56 Å². The summed E-state index contributed by atoms with van der Waals surface area (Å²) in [5.74, 6) is -1.08. The fraction of sp³-hybridized carbons (Fsp3) is 0.143. The molecule has 0 fully saturated rings. The Morgan fingerprint density at radius 2 is 1.71 bits per heavy atom. The number of amides is 1. The Bertz CT molecular complexity index is 1330. The lowest BCUT2D eigenvalue weighted by molar-refractivity contribution is 0.0907. The number of para-hydroxylation sites is 1. The van der Waals surface area contributed by atoms with Crippen molar-refractivity contribution in [3.63, 3.8) is 0 Å². The molecule has 2 aromatic carbocycles. The zero-order chi connectivity index (χ0) is 21.8. The van der Waals surface area contributed by atoms with Gasteiger partial charge in [-0.3, -0.25) is 14.2 Å². The summed E-state index contributed by atoms with van der Waals surface area (Å²) in [6, 6.07) is 18.0. The molecular weight excluding hydrogens is 400 g/mol. The molecule has 156 valence electrons. The minimum absolute atomic E-state index is 0.127. The minimum atomic E-state index is -0.670. The van der Waals surface area contributed by atoms with E-state index >= 15 is 0 Å². The minimum Gasteiger partial charge on any atom is -0.344 e. The first kappa shape index (κ1) is 20.0. The molecule has 0 aliphatic rings. The highest BCUT2D eigenvalue weighted by Gasteiger charge is 2.22. The second-order valence-electron chi connectivity index (χ2n) is 6.52. The molecule has 10 nitrogen and oxygen atoms in total. The van der Waals surface area contributed by atoms with Gasteiger partial charge < -0.3 is 9.84 Å². The highest BCUT2D eigenvalue weighted by Crippen LogP contribution is 2.10. The van der Waals surface area contributed by atoms with Crippen LogP contribution in [0.15, 0.2) is 74.8 Å². The molecule has 0 saturated carbocycles. The summed E-state index contributed by atoms with van der Waals surface area (Å²) in [5.41, 5.74) is -0.0852. The summed E-state index contributed by atoms with van der Waals surface area (Å²) >= 11 is 0. The Morgan fingerprint density at radius 1 is 1.03 bits per heavy atom. The van der Waals surface area contributed by atoms with Gasteiger partial charge in [0.05, 0.1) is 5.69 Å². The van der Waals surface area contributed by atoms with E-state index in [0.29, 0.717) is 5.69 Å². The van der Waals surface area contributed by atoms with Crippen molar-refractivity contribution in [3.05, 3.63) is 93.0 Å². The topological polar surface area (TPSA) is 125 Å². The van der Waals surface area contributed by atoms with Crippen LogP contribution in [0.3, 0.4) is 0 Å². The second kappa shape index (κ2) is 8.57. The number of carbonyl (C=O) groups is 1. The van der Waals surface area contributed by atoms with Crippen molar-refractivity contribution >= 4 is 5.91 Å². The van der Waals surface area contributed by atoms with Crippen LogP contribution in [0.25, 0.3) is 17.2 Å². The highest BCUT2D eigenvalue weighted by molar-refractivity contribution is 5.89. The highest BCUT2D eigenvalue weighted by atomic mass is 16.5. The largest absolute Gasteiger partial charge is 0.352 e. The van der Waals surface area contributed by atoms with Gasteiger partial charge >= 0.3 is 17.5 Å². The molecule has 1 amide bonds. The smallest absolute Gasteiger partial charge is 0.344 e. The third-order valence-electron chi connectivity index (χ3n) is 4.50. The van der Waals surface area contributed by atoms with Crippen LogP contribution in [-0.2, 0) is 13.1 Å². The first-order chi connectivity index (χ1) is 15.1. The van der Waals surface area contributed by atoms with Crippen molar-refractivity contribution in [1.29, 1.82) is 0 Å². The van der Waals surface area contributed by atoms with Crippen molar-refractivity contribution in [1.82, 2.24) is 29.8 Å². The van der Waals surface area contributed by atoms with E-state index in [1.165, 1.54) is 0 Å². The summed E-state index contributed by atoms with van der Waals surface area (Å²) in [5, 5.41) is 10.5. The molecule has 4 aromatic rings. The standard InChI is InChI=1S/C21H18N6O4/c1-2-26-20(29)16(24-27(21(26)30)15-11-7-4-8-12-15)17-23-19(31-25-17)18(28)22-13-14-9-5-3-6-10-14/h3-12H,2,13H2,1H3,(H,22,28).